The number of carbonyl (C=O) groups is 4. The lowest BCUT2D eigenvalue weighted by molar-refractivity contribution is -0.154. The van der Waals surface area contributed by atoms with Crippen molar-refractivity contribution < 1.29 is 33.4 Å². The zero-order valence-electron chi connectivity index (χ0n) is 17.8. The Bertz CT molecular complexity index is 945. The molecular weight excluding hydrogens is 416 g/mol. The Morgan fingerprint density at radius 3 is 2.34 bits per heavy atom. The highest BCUT2D eigenvalue weighted by molar-refractivity contribution is 6.07. The standard InChI is InChI=1S/C23H26N2O7/c26-19(24-14-7-8-17-18(11-14)32-23(31-17)9-3-4-10-23)13-30-20(27)12-25-21(28)15-5-1-2-6-16(15)22(25)29/h7-8,11,15-16H,1-6,9-10,12-13H2,(H,24,26)/t15-,16-/m0/s1. The first kappa shape index (κ1) is 20.8. The fourth-order valence-electron chi connectivity index (χ4n) is 5.19. The minimum Gasteiger partial charge on any atom is -0.454 e. The Morgan fingerprint density at radius 1 is 1.00 bits per heavy atom. The number of esters is 1. The average Bonchev–Trinajstić information content (AvgIpc) is 3.45. The lowest BCUT2D eigenvalue weighted by Gasteiger charge is -2.21. The van der Waals surface area contributed by atoms with E-state index in [0.29, 0.717) is 30.0 Å². The molecular formula is C23H26N2O7. The summed E-state index contributed by atoms with van der Waals surface area (Å²) in [4.78, 5) is 50.3. The molecule has 170 valence electrons. The van der Waals surface area contributed by atoms with Crippen LogP contribution in [0.4, 0.5) is 5.69 Å². The van der Waals surface area contributed by atoms with E-state index in [1.165, 1.54) is 0 Å². The average molecular weight is 442 g/mol. The minimum atomic E-state index is -0.783. The van der Waals surface area contributed by atoms with Gasteiger partial charge in [-0.05, 0) is 37.8 Å². The molecule has 1 spiro atoms. The number of fused-ring (bicyclic) bond motifs is 2. The third-order valence-electron chi connectivity index (χ3n) is 6.77. The molecule has 9 nitrogen and oxygen atoms in total. The molecule has 3 amide bonds. The smallest absolute Gasteiger partial charge is 0.326 e. The van der Waals surface area contributed by atoms with Crippen LogP contribution in [0.2, 0.25) is 0 Å². The van der Waals surface area contributed by atoms with Gasteiger partial charge >= 0.3 is 5.97 Å². The van der Waals surface area contributed by atoms with Crippen molar-refractivity contribution in [3.8, 4) is 11.5 Å². The maximum atomic E-state index is 12.4. The SMILES string of the molecule is O=C(COC(=O)CN1C(=O)[C@H]2CCCC[C@@H]2C1=O)Nc1ccc2c(c1)OC1(CCCC1)O2. The summed E-state index contributed by atoms with van der Waals surface area (Å²) < 4.78 is 16.9. The van der Waals surface area contributed by atoms with Gasteiger partial charge in [-0.3, -0.25) is 24.1 Å². The van der Waals surface area contributed by atoms with Crippen LogP contribution in [0.3, 0.4) is 0 Å². The number of benzene rings is 1. The van der Waals surface area contributed by atoms with Crippen LogP contribution in [0.15, 0.2) is 18.2 Å². The number of imide groups is 1. The van der Waals surface area contributed by atoms with Crippen LogP contribution in [0.25, 0.3) is 0 Å². The van der Waals surface area contributed by atoms with Gasteiger partial charge in [-0.2, -0.15) is 0 Å². The van der Waals surface area contributed by atoms with Crippen LogP contribution in [0, 0.1) is 11.8 Å². The zero-order chi connectivity index (χ0) is 22.3. The van der Waals surface area contributed by atoms with E-state index < -0.39 is 30.8 Å². The Balaban J connectivity index is 1.11. The van der Waals surface area contributed by atoms with Gasteiger partial charge in [0.05, 0.1) is 11.8 Å². The number of carbonyl (C=O) groups excluding carboxylic acids is 4. The molecule has 2 aliphatic carbocycles. The van der Waals surface area contributed by atoms with Crippen molar-refractivity contribution in [2.24, 2.45) is 11.8 Å². The van der Waals surface area contributed by atoms with Crippen molar-refractivity contribution in [3.05, 3.63) is 18.2 Å². The number of nitrogens with one attached hydrogen (secondary N) is 1. The molecule has 1 aromatic rings. The van der Waals surface area contributed by atoms with Gasteiger partial charge in [0.2, 0.25) is 11.8 Å². The second kappa shape index (κ2) is 8.11. The Labute approximate surface area is 185 Å². The van der Waals surface area contributed by atoms with Crippen LogP contribution < -0.4 is 14.8 Å². The highest BCUT2D eigenvalue weighted by atomic mass is 16.7. The lowest BCUT2D eigenvalue weighted by Crippen LogP contribution is -2.37. The van der Waals surface area contributed by atoms with Gasteiger partial charge < -0.3 is 19.5 Å². The number of anilines is 1. The summed E-state index contributed by atoms with van der Waals surface area (Å²) in [5.41, 5.74) is 0.498. The molecule has 2 atom stereocenters. The van der Waals surface area contributed by atoms with Crippen molar-refractivity contribution in [1.29, 1.82) is 0 Å². The molecule has 1 aromatic carbocycles. The number of hydrogen-bond donors (Lipinski definition) is 1. The van der Waals surface area contributed by atoms with Gasteiger partial charge in [-0.25, -0.2) is 0 Å². The highest BCUT2D eigenvalue weighted by Crippen LogP contribution is 2.47. The number of hydrogen-bond acceptors (Lipinski definition) is 7. The fourth-order valence-corrected chi connectivity index (χ4v) is 5.19. The minimum absolute atomic E-state index is 0.304. The van der Waals surface area contributed by atoms with Gasteiger partial charge in [0.1, 0.15) is 6.54 Å². The fraction of sp³-hybridized carbons (Fsp3) is 0.565. The van der Waals surface area contributed by atoms with E-state index in [9.17, 15) is 19.2 Å². The largest absolute Gasteiger partial charge is 0.454 e. The van der Waals surface area contributed by atoms with Gasteiger partial charge in [-0.1, -0.05) is 12.8 Å². The van der Waals surface area contributed by atoms with Gasteiger partial charge in [0, 0.05) is 24.6 Å². The zero-order valence-corrected chi connectivity index (χ0v) is 17.8. The molecule has 5 rings (SSSR count). The first-order chi connectivity index (χ1) is 15.4. The van der Waals surface area contributed by atoms with E-state index in [0.717, 1.165) is 43.4 Å². The molecule has 9 heteroatoms. The first-order valence-electron chi connectivity index (χ1n) is 11.3. The van der Waals surface area contributed by atoms with Gasteiger partial charge in [0.15, 0.2) is 18.1 Å². The molecule has 2 heterocycles. The first-order valence-corrected chi connectivity index (χ1v) is 11.3. The monoisotopic (exact) mass is 442 g/mol. The molecule has 1 saturated heterocycles. The summed E-state index contributed by atoms with van der Waals surface area (Å²) in [7, 11) is 0. The maximum absolute atomic E-state index is 12.4. The van der Waals surface area contributed by atoms with Gasteiger partial charge in [-0.15, -0.1) is 0 Å². The number of amides is 3. The van der Waals surface area contributed by atoms with Crippen LogP contribution in [-0.4, -0.2) is 47.5 Å². The molecule has 3 fully saturated rings. The summed E-state index contributed by atoms with van der Waals surface area (Å²) in [6.07, 6.45) is 6.97. The van der Waals surface area contributed by atoms with Gasteiger partial charge in [0.25, 0.3) is 11.7 Å². The third kappa shape index (κ3) is 3.80. The number of likely N-dealkylation sites (tertiary alicyclic amines) is 1. The molecule has 1 N–H and O–H groups in total. The van der Waals surface area contributed by atoms with Crippen LogP contribution in [-0.2, 0) is 23.9 Å². The second-order valence-corrected chi connectivity index (χ2v) is 8.95. The predicted molar refractivity (Wildman–Crippen MR) is 111 cm³/mol. The molecule has 0 unspecified atom stereocenters. The summed E-state index contributed by atoms with van der Waals surface area (Å²) in [6, 6.07) is 5.12. The molecule has 0 radical (unpaired) electrons. The predicted octanol–water partition coefficient (Wildman–Crippen LogP) is 2.38. The van der Waals surface area contributed by atoms with Crippen molar-refractivity contribution >= 4 is 29.4 Å². The molecule has 32 heavy (non-hydrogen) atoms. The van der Waals surface area contributed by atoms with Crippen LogP contribution >= 0.6 is 0 Å². The number of rotatable bonds is 5. The van der Waals surface area contributed by atoms with Crippen molar-refractivity contribution in [1.82, 2.24) is 4.90 Å². The van der Waals surface area contributed by atoms with Crippen LogP contribution in [0.1, 0.15) is 51.4 Å². The summed E-state index contributed by atoms with van der Waals surface area (Å²) in [5, 5.41) is 2.66. The summed E-state index contributed by atoms with van der Waals surface area (Å²) >= 11 is 0. The quantitative estimate of drug-likeness (QED) is 0.550. The molecule has 0 aromatic heterocycles. The van der Waals surface area contributed by atoms with E-state index in [1.54, 1.807) is 18.2 Å². The number of nitrogens with zero attached hydrogens (tertiary/aromatic N) is 1. The Hall–Kier alpha value is -3.10. The van der Waals surface area contributed by atoms with Crippen molar-refractivity contribution in [2.75, 3.05) is 18.5 Å². The molecule has 4 aliphatic rings. The normalized spacial score (nSPS) is 25.2. The van der Waals surface area contributed by atoms with Crippen molar-refractivity contribution in [3.63, 3.8) is 0 Å². The molecule has 2 saturated carbocycles. The van der Waals surface area contributed by atoms with E-state index in [1.807, 2.05) is 0 Å². The number of ether oxygens (including phenoxy) is 3. The molecule has 2 aliphatic heterocycles. The van der Waals surface area contributed by atoms with E-state index in [2.05, 4.69) is 5.32 Å². The maximum Gasteiger partial charge on any atom is 0.326 e. The molecule has 0 bridgehead atoms. The lowest BCUT2D eigenvalue weighted by atomic mass is 9.81. The Morgan fingerprint density at radius 2 is 1.66 bits per heavy atom. The summed E-state index contributed by atoms with van der Waals surface area (Å²) in [6.45, 7) is -0.968. The summed E-state index contributed by atoms with van der Waals surface area (Å²) in [5.74, 6) is -1.91. The second-order valence-electron chi connectivity index (χ2n) is 8.95. The van der Waals surface area contributed by atoms with E-state index in [-0.39, 0.29) is 23.7 Å². The topological polar surface area (TPSA) is 111 Å². The van der Waals surface area contributed by atoms with Crippen LogP contribution in [0.5, 0.6) is 11.5 Å². The highest BCUT2D eigenvalue weighted by Gasteiger charge is 2.48. The van der Waals surface area contributed by atoms with E-state index >= 15 is 0 Å². The van der Waals surface area contributed by atoms with Crippen molar-refractivity contribution in [2.45, 2.75) is 57.2 Å². The third-order valence-corrected chi connectivity index (χ3v) is 6.77. The van der Waals surface area contributed by atoms with E-state index in [4.69, 9.17) is 14.2 Å². The Kier molecular flexibility index (Phi) is 5.27.